The van der Waals surface area contributed by atoms with Crippen molar-refractivity contribution in [3.8, 4) is 0 Å². The predicted octanol–water partition coefficient (Wildman–Crippen LogP) is 4.82. The molecule has 0 aromatic rings. The number of hydrogen-bond acceptors (Lipinski definition) is 4. The van der Waals surface area contributed by atoms with E-state index in [0.717, 1.165) is 25.9 Å². The summed E-state index contributed by atoms with van der Waals surface area (Å²) in [6.45, 7) is 17.0. The van der Waals surface area contributed by atoms with Crippen LogP contribution in [-0.2, 0) is 9.47 Å². The summed E-state index contributed by atoms with van der Waals surface area (Å²) < 4.78 is 9.40. The summed E-state index contributed by atoms with van der Waals surface area (Å²) >= 11 is 0. The van der Waals surface area contributed by atoms with Gasteiger partial charge in [-0.15, -0.1) is 0 Å². The predicted molar refractivity (Wildman–Crippen MR) is 100 cm³/mol. The molecule has 1 N–H and O–H groups in total. The van der Waals surface area contributed by atoms with Crippen LogP contribution in [0.15, 0.2) is 0 Å². The van der Waals surface area contributed by atoms with Crippen LogP contribution in [0.1, 0.15) is 74.1 Å². The zero-order valence-corrected chi connectivity index (χ0v) is 16.9. The fourth-order valence-electron chi connectivity index (χ4n) is 1.62. The van der Waals surface area contributed by atoms with Crippen LogP contribution in [0, 0.1) is 0 Å². The molecular formula is C18H40N2O4. The smallest absolute Gasteiger partial charge is 0.409 e. The number of nitrogens with zero attached hydrogens (tertiary/aromatic N) is 1. The molecule has 0 unspecified atom stereocenters. The van der Waals surface area contributed by atoms with Crippen LogP contribution in [-0.4, -0.2) is 49.9 Å². The van der Waals surface area contributed by atoms with Crippen LogP contribution in [0.4, 0.5) is 9.59 Å². The standard InChI is InChI=1S/C8H15NO2.C5H11NO2.C3H8.C2H6/c1-2-11-8(10)9-6-4-3-5-7-9;1-3-6-5(7)8-4-2;1-3-2;1-2/h2-7H2,1H3;3-4H2,1-2H3,(H,6,7);3H2,1-2H3;1-2H3. The minimum absolute atomic E-state index is 0.146. The van der Waals surface area contributed by atoms with Crippen molar-refractivity contribution in [3.63, 3.8) is 0 Å². The monoisotopic (exact) mass is 348 g/mol. The number of amides is 2. The lowest BCUT2D eigenvalue weighted by molar-refractivity contribution is 0.0997. The van der Waals surface area contributed by atoms with Gasteiger partial charge in [-0.05, 0) is 40.0 Å². The van der Waals surface area contributed by atoms with Gasteiger partial charge in [0, 0.05) is 19.6 Å². The van der Waals surface area contributed by atoms with Gasteiger partial charge in [0.1, 0.15) is 0 Å². The Bertz CT molecular complexity index is 260. The number of carbonyl (C=O) groups is 2. The van der Waals surface area contributed by atoms with Gasteiger partial charge in [-0.1, -0.05) is 34.1 Å². The van der Waals surface area contributed by atoms with Crippen molar-refractivity contribution in [2.45, 2.75) is 74.1 Å². The summed E-state index contributed by atoms with van der Waals surface area (Å²) in [6, 6.07) is 0. The van der Waals surface area contributed by atoms with Crippen LogP contribution in [0.5, 0.6) is 0 Å². The fourth-order valence-corrected chi connectivity index (χ4v) is 1.62. The molecule has 1 aliphatic rings. The van der Waals surface area contributed by atoms with Gasteiger partial charge in [-0.25, -0.2) is 9.59 Å². The van der Waals surface area contributed by atoms with Gasteiger partial charge in [0.2, 0.25) is 0 Å². The lowest BCUT2D eigenvalue weighted by Gasteiger charge is -2.25. The third kappa shape index (κ3) is 20.5. The van der Waals surface area contributed by atoms with Crippen LogP contribution in [0.3, 0.4) is 0 Å². The van der Waals surface area contributed by atoms with E-state index in [1.165, 1.54) is 12.8 Å². The Morgan fingerprint density at radius 1 is 0.875 bits per heavy atom. The maximum Gasteiger partial charge on any atom is 0.409 e. The largest absolute Gasteiger partial charge is 0.450 e. The van der Waals surface area contributed by atoms with Gasteiger partial charge < -0.3 is 19.7 Å². The number of piperidine rings is 1. The lowest BCUT2D eigenvalue weighted by Crippen LogP contribution is -2.35. The topological polar surface area (TPSA) is 67.9 Å². The molecule has 0 aromatic heterocycles. The molecule has 1 rings (SSSR count). The van der Waals surface area contributed by atoms with Crippen LogP contribution in [0.25, 0.3) is 0 Å². The van der Waals surface area contributed by atoms with E-state index >= 15 is 0 Å². The van der Waals surface area contributed by atoms with Gasteiger partial charge in [-0.3, -0.25) is 0 Å². The van der Waals surface area contributed by atoms with E-state index in [1.807, 2.05) is 27.7 Å². The summed E-state index contributed by atoms with van der Waals surface area (Å²) in [6.07, 6.45) is 4.26. The van der Waals surface area contributed by atoms with Gasteiger partial charge in [0.15, 0.2) is 0 Å². The summed E-state index contributed by atoms with van der Waals surface area (Å²) in [4.78, 5) is 23.2. The molecule has 6 nitrogen and oxygen atoms in total. The average Bonchev–Trinajstić information content (AvgIpc) is 2.59. The van der Waals surface area contributed by atoms with Crippen molar-refractivity contribution in [1.29, 1.82) is 0 Å². The van der Waals surface area contributed by atoms with Crippen molar-refractivity contribution >= 4 is 12.2 Å². The van der Waals surface area contributed by atoms with Crippen molar-refractivity contribution in [3.05, 3.63) is 0 Å². The third-order valence-corrected chi connectivity index (χ3v) is 2.48. The minimum atomic E-state index is -0.338. The Morgan fingerprint density at radius 2 is 1.33 bits per heavy atom. The first-order chi connectivity index (χ1) is 11.6. The first kappa shape index (κ1) is 27.4. The number of alkyl carbamates (subject to hydrolysis) is 1. The third-order valence-electron chi connectivity index (χ3n) is 2.48. The molecule has 2 amide bonds. The molecule has 24 heavy (non-hydrogen) atoms. The molecule has 1 aliphatic heterocycles. The molecule has 1 heterocycles. The average molecular weight is 349 g/mol. The second-order valence-electron chi connectivity index (χ2n) is 4.70. The molecule has 6 heteroatoms. The Kier molecular flexibility index (Phi) is 27.2. The van der Waals surface area contributed by atoms with Gasteiger partial charge in [0.05, 0.1) is 13.2 Å². The fraction of sp³-hybridized carbons (Fsp3) is 0.889. The van der Waals surface area contributed by atoms with E-state index in [9.17, 15) is 9.59 Å². The number of rotatable bonds is 3. The quantitative estimate of drug-likeness (QED) is 0.793. The Hall–Kier alpha value is -1.46. The first-order valence-electron chi connectivity index (χ1n) is 9.39. The Morgan fingerprint density at radius 3 is 1.71 bits per heavy atom. The molecular weight excluding hydrogens is 308 g/mol. The summed E-state index contributed by atoms with van der Waals surface area (Å²) in [5.41, 5.74) is 0. The highest BCUT2D eigenvalue weighted by Gasteiger charge is 2.16. The second-order valence-corrected chi connectivity index (χ2v) is 4.70. The number of carbonyl (C=O) groups excluding carboxylic acids is 2. The molecule has 0 spiro atoms. The van der Waals surface area contributed by atoms with Gasteiger partial charge in [-0.2, -0.15) is 0 Å². The molecule has 146 valence electrons. The summed E-state index contributed by atoms with van der Waals surface area (Å²) in [7, 11) is 0. The first-order valence-corrected chi connectivity index (χ1v) is 9.39. The molecule has 1 fully saturated rings. The van der Waals surface area contributed by atoms with Crippen molar-refractivity contribution in [1.82, 2.24) is 10.2 Å². The SMILES string of the molecule is CC.CCC.CCNC(=O)OCC.CCOC(=O)N1CCCCC1. The lowest BCUT2D eigenvalue weighted by atomic mass is 10.1. The van der Waals surface area contributed by atoms with E-state index in [-0.39, 0.29) is 12.2 Å². The molecule has 0 aliphatic carbocycles. The summed E-state index contributed by atoms with van der Waals surface area (Å²) in [5, 5.41) is 2.49. The Labute approximate surface area is 149 Å². The molecule has 0 bridgehead atoms. The maximum atomic E-state index is 11.1. The number of nitrogens with one attached hydrogen (secondary N) is 1. The van der Waals surface area contributed by atoms with E-state index in [4.69, 9.17) is 4.74 Å². The highest BCUT2D eigenvalue weighted by molar-refractivity contribution is 5.67. The highest BCUT2D eigenvalue weighted by atomic mass is 16.6. The van der Waals surface area contributed by atoms with Crippen LogP contribution >= 0.6 is 0 Å². The van der Waals surface area contributed by atoms with Gasteiger partial charge in [0.25, 0.3) is 0 Å². The Balaban J connectivity index is -0.000000299. The van der Waals surface area contributed by atoms with Crippen LogP contribution < -0.4 is 5.32 Å². The zero-order valence-electron chi connectivity index (χ0n) is 16.9. The molecule has 0 saturated carbocycles. The summed E-state index contributed by atoms with van der Waals surface area (Å²) in [5.74, 6) is 0. The number of ether oxygens (including phenoxy) is 2. The van der Waals surface area contributed by atoms with E-state index in [2.05, 4.69) is 23.9 Å². The van der Waals surface area contributed by atoms with Crippen molar-refractivity contribution in [2.24, 2.45) is 0 Å². The van der Waals surface area contributed by atoms with Gasteiger partial charge >= 0.3 is 12.2 Å². The van der Waals surface area contributed by atoms with Crippen molar-refractivity contribution < 1.29 is 19.1 Å². The molecule has 0 atom stereocenters. The maximum absolute atomic E-state index is 11.1. The number of likely N-dealkylation sites (tertiary alicyclic amines) is 1. The number of hydrogen-bond donors (Lipinski definition) is 1. The minimum Gasteiger partial charge on any atom is -0.450 e. The molecule has 0 aromatic carbocycles. The normalized spacial score (nSPS) is 12.0. The highest BCUT2D eigenvalue weighted by Crippen LogP contribution is 2.09. The van der Waals surface area contributed by atoms with E-state index < -0.39 is 0 Å². The van der Waals surface area contributed by atoms with Crippen LogP contribution in [0.2, 0.25) is 0 Å². The second kappa shape index (κ2) is 23.8. The molecule has 1 saturated heterocycles. The zero-order chi connectivity index (χ0) is 19.2. The van der Waals surface area contributed by atoms with E-state index in [0.29, 0.717) is 19.8 Å². The van der Waals surface area contributed by atoms with Crippen molar-refractivity contribution in [2.75, 3.05) is 32.8 Å². The van der Waals surface area contributed by atoms with E-state index in [1.54, 1.807) is 11.8 Å². The molecule has 0 radical (unpaired) electrons.